The third-order valence-corrected chi connectivity index (χ3v) is 2.27. The highest BCUT2D eigenvalue weighted by Gasteiger charge is 2.03. The van der Waals surface area contributed by atoms with Gasteiger partial charge in [-0.15, -0.1) is 0 Å². The Hall–Kier alpha value is 0. The van der Waals surface area contributed by atoms with Crippen molar-refractivity contribution in [1.82, 2.24) is 0 Å². The third kappa shape index (κ3) is 6.40. The molecule has 11 heavy (non-hydrogen) atoms. The Morgan fingerprint density at radius 1 is 1.09 bits per heavy atom. The van der Waals surface area contributed by atoms with Crippen LogP contribution in [0.4, 0.5) is 0 Å². The van der Waals surface area contributed by atoms with Crippen molar-refractivity contribution in [3.63, 3.8) is 0 Å². The number of unbranched alkanes of at least 4 members (excludes halogenated alkanes) is 2. The van der Waals surface area contributed by atoms with E-state index < -0.39 is 0 Å². The first-order valence-electron chi connectivity index (χ1n) is 5.18. The van der Waals surface area contributed by atoms with Gasteiger partial charge in [-0.25, -0.2) is 0 Å². The summed E-state index contributed by atoms with van der Waals surface area (Å²) in [7, 11) is 0. The van der Waals surface area contributed by atoms with Gasteiger partial charge in [-0.1, -0.05) is 59.3 Å². The lowest BCUT2D eigenvalue weighted by molar-refractivity contribution is 0.488. The van der Waals surface area contributed by atoms with E-state index in [1.165, 1.54) is 38.5 Å². The van der Waals surface area contributed by atoms with Crippen molar-refractivity contribution in [1.29, 1.82) is 0 Å². The van der Waals surface area contributed by atoms with Crippen LogP contribution in [0.15, 0.2) is 0 Å². The molecule has 0 aliphatic rings. The van der Waals surface area contributed by atoms with Crippen molar-refractivity contribution in [2.75, 3.05) is 0 Å². The normalized spacial score (nSPS) is 13.4. The summed E-state index contributed by atoms with van der Waals surface area (Å²) in [5.74, 6) is 0.895. The van der Waals surface area contributed by atoms with E-state index in [0.29, 0.717) is 0 Å². The number of rotatable bonds is 7. The van der Waals surface area contributed by atoms with Gasteiger partial charge in [-0.2, -0.15) is 0 Å². The van der Waals surface area contributed by atoms with Crippen molar-refractivity contribution in [3.8, 4) is 0 Å². The summed E-state index contributed by atoms with van der Waals surface area (Å²) in [6.45, 7) is 6.80. The van der Waals surface area contributed by atoms with Crippen LogP contribution in [0.25, 0.3) is 0 Å². The summed E-state index contributed by atoms with van der Waals surface area (Å²) in [6.07, 6.45) is 10.6. The third-order valence-electron chi connectivity index (χ3n) is 2.27. The lowest BCUT2D eigenvalue weighted by Gasteiger charge is -2.11. The predicted molar refractivity (Wildman–Crippen MR) is 52.5 cm³/mol. The SMILES string of the molecule is CC[CH]C(CC)CCCCC. The molecule has 1 radical (unpaired) electrons. The smallest absolute Gasteiger partial charge is 0.0358 e. The second-order valence-electron chi connectivity index (χ2n) is 3.31. The minimum atomic E-state index is 0.895. The van der Waals surface area contributed by atoms with Crippen LogP contribution in [0.5, 0.6) is 0 Å². The Bertz CT molecular complexity index is 66.4. The molecule has 0 spiro atoms. The molecule has 0 heterocycles. The highest BCUT2D eigenvalue weighted by atomic mass is 14.1. The van der Waals surface area contributed by atoms with Gasteiger partial charge >= 0.3 is 0 Å². The summed E-state index contributed by atoms with van der Waals surface area (Å²) < 4.78 is 0. The van der Waals surface area contributed by atoms with Crippen molar-refractivity contribution in [2.24, 2.45) is 5.92 Å². The van der Waals surface area contributed by atoms with Gasteiger partial charge in [0, 0.05) is 0 Å². The molecule has 0 heteroatoms. The van der Waals surface area contributed by atoms with Crippen LogP contribution in [0.2, 0.25) is 0 Å². The van der Waals surface area contributed by atoms with Crippen LogP contribution in [0.1, 0.15) is 59.3 Å². The Balaban J connectivity index is 3.20. The Kier molecular flexibility index (Phi) is 8.10. The van der Waals surface area contributed by atoms with E-state index in [9.17, 15) is 0 Å². The molecular weight excluding hydrogens is 132 g/mol. The van der Waals surface area contributed by atoms with Gasteiger partial charge in [0.15, 0.2) is 0 Å². The maximum Gasteiger partial charge on any atom is -0.0358 e. The van der Waals surface area contributed by atoms with Gasteiger partial charge in [-0.05, 0) is 12.3 Å². The molecule has 0 fully saturated rings. The molecule has 1 unspecified atom stereocenters. The van der Waals surface area contributed by atoms with Crippen molar-refractivity contribution in [2.45, 2.75) is 59.3 Å². The molecule has 0 saturated carbocycles. The second kappa shape index (κ2) is 8.10. The largest absolute Gasteiger partial charge is 0.0654 e. The summed E-state index contributed by atoms with van der Waals surface area (Å²) >= 11 is 0. The van der Waals surface area contributed by atoms with Gasteiger partial charge in [0.05, 0.1) is 0 Å². The minimum absolute atomic E-state index is 0.895. The average molecular weight is 155 g/mol. The number of hydrogen-bond donors (Lipinski definition) is 0. The molecule has 0 rings (SSSR count). The molecule has 0 aromatic carbocycles. The Morgan fingerprint density at radius 3 is 2.27 bits per heavy atom. The van der Waals surface area contributed by atoms with Crippen LogP contribution >= 0.6 is 0 Å². The van der Waals surface area contributed by atoms with Crippen LogP contribution in [-0.4, -0.2) is 0 Å². The Morgan fingerprint density at radius 2 is 1.82 bits per heavy atom. The fraction of sp³-hybridized carbons (Fsp3) is 0.909. The first kappa shape index (κ1) is 11.0. The van der Waals surface area contributed by atoms with Crippen molar-refractivity contribution in [3.05, 3.63) is 6.42 Å². The van der Waals surface area contributed by atoms with E-state index in [1.54, 1.807) is 0 Å². The van der Waals surface area contributed by atoms with E-state index in [4.69, 9.17) is 0 Å². The fourth-order valence-electron chi connectivity index (χ4n) is 1.48. The molecule has 67 valence electrons. The summed E-state index contributed by atoms with van der Waals surface area (Å²) in [5, 5.41) is 0. The van der Waals surface area contributed by atoms with E-state index in [-0.39, 0.29) is 0 Å². The quantitative estimate of drug-likeness (QED) is 0.483. The topological polar surface area (TPSA) is 0 Å². The molecule has 0 aromatic rings. The molecular formula is C11H23. The van der Waals surface area contributed by atoms with E-state index in [0.717, 1.165) is 5.92 Å². The summed E-state index contributed by atoms with van der Waals surface area (Å²) in [4.78, 5) is 0. The fourth-order valence-corrected chi connectivity index (χ4v) is 1.48. The van der Waals surface area contributed by atoms with Crippen LogP contribution in [0.3, 0.4) is 0 Å². The molecule has 0 saturated heterocycles. The summed E-state index contributed by atoms with van der Waals surface area (Å²) in [6, 6.07) is 0. The molecule has 0 nitrogen and oxygen atoms in total. The molecule has 0 aromatic heterocycles. The van der Waals surface area contributed by atoms with Gasteiger partial charge in [0.25, 0.3) is 0 Å². The summed E-state index contributed by atoms with van der Waals surface area (Å²) in [5.41, 5.74) is 0. The second-order valence-corrected chi connectivity index (χ2v) is 3.31. The Labute approximate surface area is 72.4 Å². The van der Waals surface area contributed by atoms with Crippen molar-refractivity contribution < 1.29 is 0 Å². The predicted octanol–water partition coefficient (Wildman–Crippen LogP) is 4.21. The minimum Gasteiger partial charge on any atom is -0.0654 e. The highest BCUT2D eigenvalue weighted by molar-refractivity contribution is 4.73. The lowest BCUT2D eigenvalue weighted by Crippen LogP contribution is -1.98. The van der Waals surface area contributed by atoms with Crippen LogP contribution in [0, 0.1) is 12.3 Å². The zero-order valence-corrected chi connectivity index (χ0v) is 8.40. The molecule has 1 atom stereocenters. The van der Waals surface area contributed by atoms with Gasteiger partial charge in [0.2, 0.25) is 0 Å². The lowest BCUT2D eigenvalue weighted by atomic mass is 9.94. The van der Waals surface area contributed by atoms with Gasteiger partial charge < -0.3 is 0 Å². The number of hydrogen-bond acceptors (Lipinski definition) is 0. The first-order chi connectivity index (χ1) is 5.35. The molecule has 0 N–H and O–H groups in total. The first-order valence-corrected chi connectivity index (χ1v) is 5.18. The zero-order chi connectivity index (χ0) is 8.53. The standard InChI is InChI=1S/C11H23/c1-4-7-8-10-11(6-3)9-5-2/h9,11H,4-8,10H2,1-3H3. The monoisotopic (exact) mass is 155 g/mol. The maximum atomic E-state index is 2.47. The van der Waals surface area contributed by atoms with E-state index in [1.807, 2.05) is 0 Å². The average Bonchev–Trinajstić information content (AvgIpc) is 2.03. The molecule has 0 bridgehead atoms. The van der Waals surface area contributed by atoms with E-state index >= 15 is 0 Å². The molecule has 0 amide bonds. The van der Waals surface area contributed by atoms with Crippen molar-refractivity contribution >= 4 is 0 Å². The highest BCUT2D eigenvalue weighted by Crippen LogP contribution is 2.17. The van der Waals surface area contributed by atoms with Gasteiger partial charge in [-0.3, -0.25) is 0 Å². The molecule has 0 aliphatic carbocycles. The van der Waals surface area contributed by atoms with Gasteiger partial charge in [0.1, 0.15) is 0 Å². The molecule has 0 aliphatic heterocycles. The maximum absolute atomic E-state index is 2.47. The van der Waals surface area contributed by atoms with Crippen LogP contribution in [-0.2, 0) is 0 Å². The van der Waals surface area contributed by atoms with Crippen LogP contribution < -0.4 is 0 Å². The van der Waals surface area contributed by atoms with E-state index in [2.05, 4.69) is 27.2 Å². The zero-order valence-electron chi connectivity index (χ0n) is 8.40.